The van der Waals surface area contributed by atoms with E-state index < -0.39 is 0 Å². The van der Waals surface area contributed by atoms with E-state index in [1.807, 2.05) is 35.0 Å². The van der Waals surface area contributed by atoms with Gasteiger partial charge in [-0.1, -0.05) is 52.0 Å². The minimum absolute atomic E-state index is 0.251. The lowest BCUT2D eigenvalue weighted by molar-refractivity contribution is 0.626. The third-order valence-electron chi connectivity index (χ3n) is 4.24. The SMILES string of the molecule is Fc1ccc(CSc2ncc(-c3ccc(Br)cc3)n2-c2ccc(F)cc2)cc1. The molecule has 0 fully saturated rings. The van der Waals surface area contributed by atoms with E-state index in [0.29, 0.717) is 5.75 Å². The number of imidazole rings is 1. The molecule has 0 N–H and O–H groups in total. The average molecular weight is 457 g/mol. The minimum atomic E-state index is -0.283. The van der Waals surface area contributed by atoms with Crippen LogP contribution in [0.1, 0.15) is 5.56 Å². The lowest BCUT2D eigenvalue weighted by atomic mass is 10.1. The van der Waals surface area contributed by atoms with Gasteiger partial charge >= 0.3 is 0 Å². The van der Waals surface area contributed by atoms with Crippen LogP contribution < -0.4 is 0 Å². The van der Waals surface area contributed by atoms with E-state index >= 15 is 0 Å². The predicted octanol–water partition coefficient (Wildman–Crippen LogP) is 6.87. The molecule has 0 radical (unpaired) electrons. The summed E-state index contributed by atoms with van der Waals surface area (Å²) in [5.41, 5.74) is 3.76. The normalized spacial score (nSPS) is 11.0. The van der Waals surface area contributed by atoms with Crippen molar-refractivity contribution in [1.82, 2.24) is 9.55 Å². The topological polar surface area (TPSA) is 17.8 Å². The first-order chi connectivity index (χ1) is 13.6. The Bertz CT molecular complexity index is 1080. The molecular weight excluding hydrogens is 442 g/mol. The number of thioether (sulfide) groups is 1. The molecule has 0 atom stereocenters. The summed E-state index contributed by atoms with van der Waals surface area (Å²) in [6, 6.07) is 20.8. The Labute approximate surface area is 174 Å². The van der Waals surface area contributed by atoms with Crippen molar-refractivity contribution in [3.63, 3.8) is 0 Å². The van der Waals surface area contributed by atoms with Crippen LogP contribution in [0.2, 0.25) is 0 Å². The van der Waals surface area contributed by atoms with Gasteiger partial charge in [0.2, 0.25) is 0 Å². The molecule has 0 aliphatic rings. The first-order valence-corrected chi connectivity index (χ1v) is 10.3. The van der Waals surface area contributed by atoms with Crippen molar-refractivity contribution < 1.29 is 8.78 Å². The fraction of sp³-hybridized carbons (Fsp3) is 0.0455. The first-order valence-electron chi connectivity index (χ1n) is 8.57. The second-order valence-electron chi connectivity index (χ2n) is 6.16. The van der Waals surface area contributed by atoms with Gasteiger partial charge in [-0.05, 0) is 54.1 Å². The maximum atomic E-state index is 13.4. The fourth-order valence-electron chi connectivity index (χ4n) is 2.83. The van der Waals surface area contributed by atoms with E-state index in [-0.39, 0.29) is 11.6 Å². The molecule has 4 rings (SSSR count). The van der Waals surface area contributed by atoms with Gasteiger partial charge in [0.1, 0.15) is 11.6 Å². The quantitative estimate of drug-likeness (QED) is 0.304. The van der Waals surface area contributed by atoms with E-state index in [1.54, 1.807) is 36.0 Å². The largest absolute Gasteiger partial charge is 0.287 e. The monoisotopic (exact) mass is 456 g/mol. The molecule has 0 aliphatic heterocycles. The fourth-order valence-corrected chi connectivity index (χ4v) is 4.04. The minimum Gasteiger partial charge on any atom is -0.287 e. The number of hydrogen-bond donors (Lipinski definition) is 0. The Morgan fingerprint density at radius 1 is 0.821 bits per heavy atom. The van der Waals surface area contributed by atoms with Crippen LogP contribution >= 0.6 is 27.7 Å². The summed E-state index contributed by atoms with van der Waals surface area (Å²) in [6.07, 6.45) is 1.82. The van der Waals surface area contributed by atoms with Crippen LogP contribution in [-0.2, 0) is 5.75 Å². The molecule has 0 amide bonds. The summed E-state index contributed by atoms with van der Waals surface area (Å²) >= 11 is 5.01. The van der Waals surface area contributed by atoms with Crippen molar-refractivity contribution in [2.24, 2.45) is 0 Å². The van der Waals surface area contributed by atoms with Crippen molar-refractivity contribution >= 4 is 27.7 Å². The Balaban J connectivity index is 1.72. The predicted molar refractivity (Wildman–Crippen MR) is 113 cm³/mol. The second kappa shape index (κ2) is 8.29. The van der Waals surface area contributed by atoms with Crippen LogP contribution in [0.5, 0.6) is 0 Å². The third kappa shape index (κ3) is 4.18. The Morgan fingerprint density at radius 2 is 1.43 bits per heavy atom. The number of nitrogens with zero attached hydrogens (tertiary/aromatic N) is 2. The maximum absolute atomic E-state index is 13.4. The molecule has 140 valence electrons. The summed E-state index contributed by atoms with van der Waals surface area (Å²) in [4.78, 5) is 4.59. The molecule has 0 saturated carbocycles. The molecule has 1 aromatic heterocycles. The molecule has 3 aromatic carbocycles. The zero-order valence-corrected chi connectivity index (χ0v) is 17.1. The van der Waals surface area contributed by atoms with E-state index in [9.17, 15) is 8.78 Å². The van der Waals surface area contributed by atoms with Gasteiger partial charge in [0.15, 0.2) is 5.16 Å². The van der Waals surface area contributed by atoms with Crippen molar-refractivity contribution in [2.75, 3.05) is 0 Å². The molecule has 2 nitrogen and oxygen atoms in total. The zero-order valence-electron chi connectivity index (χ0n) is 14.6. The number of hydrogen-bond acceptors (Lipinski definition) is 2. The molecule has 1 heterocycles. The number of aromatic nitrogens is 2. The summed E-state index contributed by atoms with van der Waals surface area (Å²) in [6.45, 7) is 0. The Morgan fingerprint density at radius 3 is 2.07 bits per heavy atom. The van der Waals surface area contributed by atoms with Crippen molar-refractivity contribution in [2.45, 2.75) is 10.9 Å². The van der Waals surface area contributed by atoms with Crippen LogP contribution in [0, 0.1) is 11.6 Å². The number of benzene rings is 3. The summed E-state index contributed by atoms with van der Waals surface area (Å²) < 4.78 is 29.6. The van der Waals surface area contributed by atoms with Gasteiger partial charge < -0.3 is 0 Å². The van der Waals surface area contributed by atoms with Gasteiger partial charge in [0.25, 0.3) is 0 Å². The van der Waals surface area contributed by atoms with Gasteiger partial charge in [-0.2, -0.15) is 0 Å². The molecule has 0 spiro atoms. The molecule has 4 aromatic rings. The molecule has 0 aliphatic carbocycles. The van der Waals surface area contributed by atoms with Gasteiger partial charge in [-0.3, -0.25) is 4.57 Å². The smallest absolute Gasteiger partial charge is 0.173 e. The van der Waals surface area contributed by atoms with Crippen molar-refractivity contribution in [3.05, 3.63) is 101 Å². The highest BCUT2D eigenvalue weighted by atomic mass is 79.9. The number of rotatable bonds is 5. The molecule has 6 heteroatoms. The van der Waals surface area contributed by atoms with E-state index in [1.165, 1.54) is 24.3 Å². The highest BCUT2D eigenvalue weighted by Gasteiger charge is 2.14. The third-order valence-corrected chi connectivity index (χ3v) is 5.79. The van der Waals surface area contributed by atoms with Crippen LogP contribution in [0.25, 0.3) is 16.9 Å². The summed E-state index contributed by atoms with van der Waals surface area (Å²) in [5.74, 6) is 0.117. The van der Waals surface area contributed by atoms with Crippen LogP contribution in [0.4, 0.5) is 8.78 Å². The molecule has 28 heavy (non-hydrogen) atoms. The second-order valence-corrected chi connectivity index (χ2v) is 8.02. The first kappa shape index (κ1) is 18.9. The standard InChI is InChI=1S/C22H15BrF2N2S/c23-17-5-3-16(4-6-17)21-13-26-22(27(21)20-11-9-19(25)10-12-20)28-14-15-1-7-18(24)8-2-15/h1-13H,14H2. The Hall–Kier alpha value is -2.44. The van der Waals surface area contributed by atoms with Gasteiger partial charge in [0.05, 0.1) is 11.9 Å². The van der Waals surface area contributed by atoms with Crippen LogP contribution in [-0.4, -0.2) is 9.55 Å². The van der Waals surface area contributed by atoms with Gasteiger partial charge in [0, 0.05) is 21.5 Å². The van der Waals surface area contributed by atoms with Crippen LogP contribution in [0.15, 0.2) is 88.6 Å². The van der Waals surface area contributed by atoms with E-state index in [4.69, 9.17) is 0 Å². The zero-order chi connectivity index (χ0) is 19.5. The summed E-state index contributed by atoms with van der Waals surface area (Å²) in [5, 5.41) is 0.786. The highest BCUT2D eigenvalue weighted by Crippen LogP contribution is 2.32. The van der Waals surface area contributed by atoms with E-state index in [0.717, 1.165) is 32.1 Å². The number of halogens is 3. The molecule has 0 saturated heterocycles. The van der Waals surface area contributed by atoms with E-state index in [2.05, 4.69) is 20.9 Å². The summed E-state index contributed by atoms with van der Waals surface area (Å²) in [7, 11) is 0. The van der Waals surface area contributed by atoms with Gasteiger partial charge in [-0.25, -0.2) is 13.8 Å². The highest BCUT2D eigenvalue weighted by molar-refractivity contribution is 9.10. The van der Waals surface area contributed by atoms with Crippen LogP contribution in [0.3, 0.4) is 0 Å². The molecular formula is C22H15BrF2N2S. The molecule has 0 bridgehead atoms. The van der Waals surface area contributed by atoms with Crippen molar-refractivity contribution in [1.29, 1.82) is 0 Å². The molecule has 0 unspecified atom stereocenters. The lowest BCUT2D eigenvalue weighted by Crippen LogP contribution is -1.99. The van der Waals surface area contributed by atoms with Gasteiger partial charge in [-0.15, -0.1) is 0 Å². The lowest BCUT2D eigenvalue weighted by Gasteiger charge is -2.12. The van der Waals surface area contributed by atoms with Crippen molar-refractivity contribution in [3.8, 4) is 16.9 Å². The maximum Gasteiger partial charge on any atom is 0.173 e. The Kier molecular flexibility index (Phi) is 5.59. The average Bonchev–Trinajstić information content (AvgIpc) is 3.13.